The van der Waals surface area contributed by atoms with Gasteiger partial charge in [-0.2, -0.15) is 0 Å². The zero-order valence-corrected chi connectivity index (χ0v) is 20.8. The van der Waals surface area contributed by atoms with Crippen molar-refractivity contribution in [3.63, 3.8) is 0 Å². The third-order valence-corrected chi connectivity index (χ3v) is 7.28. The van der Waals surface area contributed by atoms with E-state index in [-0.39, 0.29) is 17.4 Å². The molecule has 2 saturated heterocycles. The van der Waals surface area contributed by atoms with Crippen LogP contribution in [0.25, 0.3) is 16.8 Å². The van der Waals surface area contributed by atoms with E-state index in [0.717, 1.165) is 45.8 Å². The maximum atomic E-state index is 12.8. The van der Waals surface area contributed by atoms with Crippen molar-refractivity contribution in [1.82, 2.24) is 9.80 Å². The third-order valence-electron chi connectivity index (χ3n) is 6.37. The number of benzene rings is 3. The Morgan fingerprint density at radius 2 is 1.78 bits per heavy atom. The summed E-state index contributed by atoms with van der Waals surface area (Å²) in [6.07, 6.45) is 3.55. The Hall–Kier alpha value is -3.78. The minimum absolute atomic E-state index is 0.189. The first-order valence-electron chi connectivity index (χ1n) is 11.8. The molecule has 8 heteroatoms. The molecule has 3 amide bonds. The average molecular weight is 503 g/mol. The van der Waals surface area contributed by atoms with E-state index in [0.29, 0.717) is 36.8 Å². The van der Waals surface area contributed by atoms with E-state index < -0.39 is 11.1 Å². The van der Waals surface area contributed by atoms with Crippen molar-refractivity contribution in [2.45, 2.75) is 19.4 Å². The second-order valence-electron chi connectivity index (χ2n) is 8.69. The highest BCUT2D eigenvalue weighted by Crippen LogP contribution is 2.35. The van der Waals surface area contributed by atoms with Crippen LogP contribution >= 0.6 is 11.8 Å². The van der Waals surface area contributed by atoms with E-state index >= 15 is 0 Å². The van der Waals surface area contributed by atoms with Crippen molar-refractivity contribution in [3.8, 4) is 11.5 Å². The van der Waals surface area contributed by atoms with Crippen LogP contribution in [0.4, 0.5) is 4.79 Å². The fraction of sp³-hybridized carbons (Fsp3) is 0.250. The number of thioether (sulfide) groups is 1. The summed E-state index contributed by atoms with van der Waals surface area (Å²) in [5.41, 5.74) is 1.76. The molecule has 0 saturated carbocycles. The van der Waals surface area contributed by atoms with E-state index in [9.17, 15) is 14.4 Å². The van der Waals surface area contributed by atoms with E-state index in [1.807, 2.05) is 30.3 Å². The molecule has 2 aliphatic rings. The first-order valence-corrected chi connectivity index (χ1v) is 12.7. The number of carbonyl (C=O) groups excluding carboxylic acids is 3. The molecule has 2 heterocycles. The van der Waals surface area contributed by atoms with E-state index in [1.165, 1.54) is 0 Å². The zero-order chi connectivity index (χ0) is 25.1. The number of nitrogens with zero attached hydrogens (tertiary/aromatic N) is 2. The van der Waals surface area contributed by atoms with E-state index in [2.05, 4.69) is 18.2 Å². The Balaban J connectivity index is 1.29. The Morgan fingerprint density at radius 1 is 1.00 bits per heavy atom. The normalized spacial score (nSPS) is 16.9. The quantitative estimate of drug-likeness (QED) is 0.419. The van der Waals surface area contributed by atoms with Crippen molar-refractivity contribution in [3.05, 3.63) is 76.7 Å². The third kappa shape index (κ3) is 4.95. The molecule has 0 radical (unpaired) electrons. The smallest absolute Gasteiger partial charge is 0.294 e. The van der Waals surface area contributed by atoms with Gasteiger partial charge in [-0.3, -0.25) is 19.3 Å². The maximum Gasteiger partial charge on any atom is 0.294 e. The van der Waals surface area contributed by atoms with Crippen LogP contribution in [0.15, 0.2) is 65.6 Å². The number of ether oxygens (including phenoxy) is 2. The molecule has 36 heavy (non-hydrogen) atoms. The minimum atomic E-state index is -0.451. The van der Waals surface area contributed by atoms with Crippen molar-refractivity contribution in [2.24, 2.45) is 0 Å². The number of imide groups is 1. The lowest BCUT2D eigenvalue weighted by atomic mass is 10.1. The van der Waals surface area contributed by atoms with Crippen LogP contribution in [0.5, 0.6) is 11.5 Å². The molecule has 0 aliphatic carbocycles. The number of hydrogen-bond donors (Lipinski definition) is 0. The largest absolute Gasteiger partial charge is 0.493 e. The van der Waals surface area contributed by atoms with Crippen molar-refractivity contribution < 1.29 is 23.9 Å². The van der Waals surface area contributed by atoms with Gasteiger partial charge in [-0.15, -0.1) is 0 Å². The molecule has 7 nitrogen and oxygen atoms in total. The summed E-state index contributed by atoms with van der Waals surface area (Å²) in [5, 5.41) is 1.85. The van der Waals surface area contributed by atoms with Crippen molar-refractivity contribution in [2.75, 3.05) is 26.7 Å². The van der Waals surface area contributed by atoms with Crippen LogP contribution in [0.2, 0.25) is 0 Å². The molecule has 2 fully saturated rings. The van der Waals surface area contributed by atoms with Gasteiger partial charge in [0, 0.05) is 13.1 Å². The van der Waals surface area contributed by atoms with Gasteiger partial charge in [0.2, 0.25) is 5.91 Å². The molecule has 0 unspecified atom stereocenters. The maximum absolute atomic E-state index is 12.8. The van der Waals surface area contributed by atoms with Crippen LogP contribution in [-0.2, 0) is 16.2 Å². The van der Waals surface area contributed by atoms with Gasteiger partial charge in [0.1, 0.15) is 13.2 Å². The monoisotopic (exact) mass is 502 g/mol. The number of rotatable bonds is 7. The first kappa shape index (κ1) is 23.9. The summed E-state index contributed by atoms with van der Waals surface area (Å²) in [6.45, 7) is 1.52. The fourth-order valence-electron chi connectivity index (χ4n) is 4.46. The number of hydrogen-bond acceptors (Lipinski definition) is 6. The van der Waals surface area contributed by atoms with Gasteiger partial charge in [0.15, 0.2) is 11.5 Å². The predicted molar refractivity (Wildman–Crippen MR) is 140 cm³/mol. The molecule has 2 aliphatic heterocycles. The molecule has 5 rings (SSSR count). The Bertz CT molecular complexity index is 1360. The molecule has 0 bridgehead atoms. The fourth-order valence-corrected chi connectivity index (χ4v) is 5.29. The molecular formula is C28H26N2O5S. The molecule has 184 valence electrons. The summed E-state index contributed by atoms with van der Waals surface area (Å²) in [6, 6.07) is 19.6. The van der Waals surface area contributed by atoms with Gasteiger partial charge in [0.05, 0.1) is 12.0 Å². The summed E-state index contributed by atoms with van der Waals surface area (Å²) >= 11 is 0.843. The topological polar surface area (TPSA) is 76.2 Å². The lowest BCUT2D eigenvalue weighted by Crippen LogP contribution is -2.40. The van der Waals surface area contributed by atoms with Crippen molar-refractivity contribution in [1.29, 1.82) is 0 Å². The minimum Gasteiger partial charge on any atom is -0.493 e. The summed E-state index contributed by atoms with van der Waals surface area (Å²) in [7, 11) is 1.56. The molecule has 0 spiro atoms. The number of carbonyl (C=O) groups is 3. The van der Waals surface area contributed by atoms with Gasteiger partial charge in [-0.1, -0.05) is 48.5 Å². The van der Waals surface area contributed by atoms with Gasteiger partial charge < -0.3 is 14.4 Å². The van der Waals surface area contributed by atoms with Gasteiger partial charge >= 0.3 is 0 Å². The SMILES string of the molecule is COc1cc(/C=C2\SC(=O)N(CC(=O)N3CCCC3)C2=O)ccc1OCc1cccc2ccccc12. The van der Waals surface area contributed by atoms with E-state index in [1.54, 1.807) is 30.2 Å². The molecule has 3 aromatic carbocycles. The van der Waals surface area contributed by atoms with Crippen molar-refractivity contribution >= 4 is 45.7 Å². The number of amides is 3. The van der Waals surface area contributed by atoms with Crippen LogP contribution in [0, 0.1) is 0 Å². The molecule has 3 aromatic rings. The van der Waals surface area contributed by atoms with Gasteiger partial charge in [0.25, 0.3) is 11.1 Å². The first-order chi connectivity index (χ1) is 17.5. The Labute approximate surface area is 213 Å². The Kier molecular flexibility index (Phi) is 6.95. The lowest BCUT2D eigenvalue weighted by Gasteiger charge is -2.18. The van der Waals surface area contributed by atoms with Gasteiger partial charge in [-0.25, -0.2) is 0 Å². The molecule has 0 N–H and O–H groups in total. The summed E-state index contributed by atoms with van der Waals surface area (Å²) in [4.78, 5) is 40.7. The standard InChI is InChI=1S/C28H26N2O5S/c1-34-24-15-19(11-12-23(24)35-18-21-9-6-8-20-7-2-3-10-22(20)21)16-25-27(32)30(28(33)36-25)17-26(31)29-13-4-5-14-29/h2-3,6-12,15-16H,4-5,13-14,17-18H2,1H3/b25-16-. The second kappa shape index (κ2) is 10.5. The highest BCUT2D eigenvalue weighted by atomic mass is 32.2. The van der Waals surface area contributed by atoms with Gasteiger partial charge in [-0.05, 0) is 64.7 Å². The number of fused-ring (bicyclic) bond motifs is 1. The average Bonchev–Trinajstić information content (AvgIpc) is 3.53. The van der Waals surface area contributed by atoms with Crippen LogP contribution in [0.3, 0.4) is 0 Å². The summed E-state index contributed by atoms with van der Waals surface area (Å²) in [5.74, 6) is 0.456. The van der Waals surface area contributed by atoms with Crippen LogP contribution in [-0.4, -0.2) is 53.6 Å². The van der Waals surface area contributed by atoms with E-state index in [4.69, 9.17) is 9.47 Å². The zero-order valence-electron chi connectivity index (χ0n) is 19.9. The van der Waals surface area contributed by atoms with Crippen LogP contribution < -0.4 is 9.47 Å². The lowest BCUT2D eigenvalue weighted by molar-refractivity contribution is -0.135. The van der Waals surface area contributed by atoms with Crippen LogP contribution in [0.1, 0.15) is 24.0 Å². The second-order valence-corrected chi connectivity index (χ2v) is 9.69. The highest BCUT2D eigenvalue weighted by Gasteiger charge is 2.37. The molecule has 0 aromatic heterocycles. The molecular weight excluding hydrogens is 476 g/mol. The number of likely N-dealkylation sites (tertiary alicyclic amines) is 1. The highest BCUT2D eigenvalue weighted by molar-refractivity contribution is 8.18. The number of methoxy groups -OCH3 is 1. The molecule has 0 atom stereocenters. The predicted octanol–water partition coefficient (Wildman–Crippen LogP) is 5.09. The Morgan fingerprint density at radius 3 is 2.58 bits per heavy atom. The summed E-state index contributed by atoms with van der Waals surface area (Å²) < 4.78 is 11.6.